The van der Waals surface area contributed by atoms with Crippen molar-refractivity contribution in [2.24, 2.45) is 5.92 Å². The second kappa shape index (κ2) is 7.70. The van der Waals surface area contributed by atoms with Gasteiger partial charge in [0.25, 0.3) is 0 Å². The van der Waals surface area contributed by atoms with Gasteiger partial charge in [-0.05, 0) is 24.8 Å². The summed E-state index contributed by atoms with van der Waals surface area (Å²) < 4.78 is 5.71. The molecule has 0 saturated heterocycles. The molecule has 1 heterocycles. The molecule has 1 aliphatic rings. The summed E-state index contributed by atoms with van der Waals surface area (Å²) in [4.78, 5) is 9.14. The average molecular weight is 277 g/mol. The van der Waals surface area contributed by atoms with Crippen LogP contribution in [0, 0.1) is 5.92 Å². The van der Waals surface area contributed by atoms with Crippen LogP contribution in [0.1, 0.15) is 63.6 Å². The first-order valence-electron chi connectivity index (χ1n) is 7.78. The predicted molar refractivity (Wildman–Crippen MR) is 80.3 cm³/mol. The zero-order valence-corrected chi connectivity index (χ0v) is 12.9. The Morgan fingerprint density at radius 2 is 2.05 bits per heavy atom. The third-order valence-corrected chi connectivity index (χ3v) is 4.01. The molecule has 4 nitrogen and oxygen atoms in total. The number of ether oxygens (including phenoxy) is 1. The molecule has 1 aromatic rings. The van der Waals surface area contributed by atoms with Gasteiger partial charge in [-0.2, -0.15) is 0 Å². The summed E-state index contributed by atoms with van der Waals surface area (Å²) in [5.41, 5.74) is 1.04. The lowest BCUT2D eigenvalue weighted by molar-refractivity contribution is 0.0287. The van der Waals surface area contributed by atoms with Crippen molar-refractivity contribution in [3.63, 3.8) is 0 Å². The fraction of sp³-hybridized carbons (Fsp3) is 0.750. The van der Waals surface area contributed by atoms with E-state index in [1.807, 2.05) is 12.3 Å². The molecule has 0 aromatic carbocycles. The summed E-state index contributed by atoms with van der Waals surface area (Å²) >= 11 is 0. The van der Waals surface area contributed by atoms with Crippen molar-refractivity contribution in [3.05, 3.63) is 23.8 Å². The Balaban J connectivity index is 2.06. The SMILES string of the molecule is COC(c1nccc(CNC(C)C)n1)C1CCCCC1. The quantitative estimate of drug-likeness (QED) is 0.867. The Hall–Kier alpha value is -1.00. The summed E-state index contributed by atoms with van der Waals surface area (Å²) in [5, 5.41) is 3.39. The van der Waals surface area contributed by atoms with E-state index in [2.05, 4.69) is 24.1 Å². The normalized spacial score (nSPS) is 18.4. The highest BCUT2D eigenvalue weighted by Crippen LogP contribution is 2.35. The molecule has 0 amide bonds. The molecule has 1 unspecified atom stereocenters. The van der Waals surface area contributed by atoms with Crippen LogP contribution in [-0.2, 0) is 11.3 Å². The smallest absolute Gasteiger partial charge is 0.157 e. The Morgan fingerprint density at radius 1 is 1.30 bits per heavy atom. The third-order valence-electron chi connectivity index (χ3n) is 4.01. The highest BCUT2D eigenvalue weighted by Gasteiger charge is 2.27. The van der Waals surface area contributed by atoms with Gasteiger partial charge in [-0.1, -0.05) is 33.1 Å². The van der Waals surface area contributed by atoms with E-state index in [1.165, 1.54) is 32.1 Å². The van der Waals surface area contributed by atoms with Gasteiger partial charge in [0, 0.05) is 25.9 Å². The molecule has 1 aromatic heterocycles. The van der Waals surface area contributed by atoms with E-state index in [1.54, 1.807) is 7.11 Å². The highest BCUT2D eigenvalue weighted by molar-refractivity contribution is 5.05. The van der Waals surface area contributed by atoms with Crippen LogP contribution in [0.3, 0.4) is 0 Å². The highest BCUT2D eigenvalue weighted by atomic mass is 16.5. The van der Waals surface area contributed by atoms with Crippen LogP contribution in [0.15, 0.2) is 12.3 Å². The topological polar surface area (TPSA) is 47.0 Å². The van der Waals surface area contributed by atoms with Gasteiger partial charge >= 0.3 is 0 Å². The maximum absolute atomic E-state index is 5.71. The largest absolute Gasteiger partial charge is 0.373 e. The fourth-order valence-corrected chi connectivity index (χ4v) is 2.90. The van der Waals surface area contributed by atoms with E-state index in [9.17, 15) is 0 Å². The summed E-state index contributed by atoms with van der Waals surface area (Å²) in [7, 11) is 1.78. The Labute approximate surface area is 122 Å². The minimum atomic E-state index is 0.0503. The lowest BCUT2D eigenvalue weighted by atomic mass is 9.85. The lowest BCUT2D eigenvalue weighted by Gasteiger charge is -2.28. The molecule has 0 spiro atoms. The maximum Gasteiger partial charge on any atom is 0.157 e. The van der Waals surface area contributed by atoms with E-state index in [4.69, 9.17) is 9.72 Å². The molecular weight excluding hydrogens is 250 g/mol. The fourth-order valence-electron chi connectivity index (χ4n) is 2.90. The van der Waals surface area contributed by atoms with Crippen molar-refractivity contribution < 1.29 is 4.74 Å². The molecule has 20 heavy (non-hydrogen) atoms. The van der Waals surface area contributed by atoms with Gasteiger partial charge in [0.1, 0.15) is 6.10 Å². The molecule has 112 valence electrons. The number of aromatic nitrogens is 2. The van der Waals surface area contributed by atoms with Gasteiger partial charge in [0.05, 0.1) is 5.69 Å². The van der Waals surface area contributed by atoms with E-state index in [0.29, 0.717) is 12.0 Å². The van der Waals surface area contributed by atoms with Crippen molar-refractivity contribution in [2.75, 3.05) is 7.11 Å². The molecular formula is C16H27N3O. The van der Waals surface area contributed by atoms with Crippen molar-refractivity contribution in [1.82, 2.24) is 15.3 Å². The van der Waals surface area contributed by atoms with Crippen LogP contribution in [-0.4, -0.2) is 23.1 Å². The number of rotatable bonds is 6. The first-order valence-corrected chi connectivity index (χ1v) is 7.78. The van der Waals surface area contributed by atoms with Gasteiger partial charge in [-0.3, -0.25) is 0 Å². The molecule has 1 saturated carbocycles. The van der Waals surface area contributed by atoms with Gasteiger partial charge < -0.3 is 10.1 Å². The van der Waals surface area contributed by atoms with Gasteiger partial charge in [-0.15, -0.1) is 0 Å². The minimum absolute atomic E-state index is 0.0503. The van der Waals surface area contributed by atoms with Crippen molar-refractivity contribution in [3.8, 4) is 0 Å². The van der Waals surface area contributed by atoms with Crippen LogP contribution >= 0.6 is 0 Å². The molecule has 1 fully saturated rings. The van der Waals surface area contributed by atoms with Gasteiger partial charge in [-0.25, -0.2) is 9.97 Å². The molecule has 1 atom stereocenters. The molecule has 0 aliphatic heterocycles. The monoisotopic (exact) mass is 277 g/mol. The second-order valence-electron chi connectivity index (χ2n) is 6.00. The number of methoxy groups -OCH3 is 1. The van der Waals surface area contributed by atoms with Crippen LogP contribution in [0.4, 0.5) is 0 Å². The van der Waals surface area contributed by atoms with Gasteiger partial charge in [0.15, 0.2) is 5.82 Å². The van der Waals surface area contributed by atoms with Crippen molar-refractivity contribution in [2.45, 2.75) is 64.6 Å². The Morgan fingerprint density at radius 3 is 2.70 bits per heavy atom. The summed E-state index contributed by atoms with van der Waals surface area (Å²) in [6, 6.07) is 2.44. The third kappa shape index (κ3) is 4.25. The zero-order valence-electron chi connectivity index (χ0n) is 12.9. The molecule has 2 rings (SSSR count). The summed E-state index contributed by atoms with van der Waals surface area (Å²) in [6.45, 7) is 5.07. The molecule has 0 radical (unpaired) electrons. The van der Waals surface area contributed by atoms with Crippen LogP contribution in [0.2, 0.25) is 0 Å². The van der Waals surface area contributed by atoms with E-state index in [-0.39, 0.29) is 6.10 Å². The average Bonchev–Trinajstić information content (AvgIpc) is 2.47. The molecule has 1 N–H and O–H groups in total. The first-order chi connectivity index (χ1) is 9.70. The first kappa shape index (κ1) is 15.4. The molecule has 0 bridgehead atoms. The Bertz CT molecular complexity index is 402. The van der Waals surface area contributed by atoms with Gasteiger partial charge in [0.2, 0.25) is 0 Å². The van der Waals surface area contributed by atoms with Crippen LogP contribution < -0.4 is 5.32 Å². The number of hydrogen-bond donors (Lipinski definition) is 1. The summed E-state index contributed by atoms with van der Waals surface area (Å²) in [6.07, 6.45) is 8.33. The Kier molecular flexibility index (Phi) is 5.92. The molecule has 1 aliphatic carbocycles. The number of hydrogen-bond acceptors (Lipinski definition) is 4. The zero-order chi connectivity index (χ0) is 14.4. The second-order valence-corrected chi connectivity index (χ2v) is 6.00. The predicted octanol–water partition coefficient (Wildman–Crippen LogP) is 3.24. The van der Waals surface area contributed by atoms with Crippen molar-refractivity contribution >= 4 is 0 Å². The lowest BCUT2D eigenvalue weighted by Crippen LogP contribution is -2.24. The van der Waals surface area contributed by atoms with Crippen LogP contribution in [0.25, 0.3) is 0 Å². The van der Waals surface area contributed by atoms with Crippen molar-refractivity contribution in [1.29, 1.82) is 0 Å². The van der Waals surface area contributed by atoms with Crippen LogP contribution in [0.5, 0.6) is 0 Å². The number of nitrogens with one attached hydrogen (secondary N) is 1. The van der Waals surface area contributed by atoms with E-state index < -0.39 is 0 Å². The summed E-state index contributed by atoms with van der Waals surface area (Å²) in [5.74, 6) is 1.42. The standard InChI is InChI=1S/C16H27N3O/c1-12(2)18-11-14-9-10-17-16(19-14)15(20-3)13-7-5-4-6-8-13/h9-10,12-13,15,18H,4-8,11H2,1-3H3. The molecule has 4 heteroatoms. The van der Waals surface area contributed by atoms with E-state index in [0.717, 1.165) is 18.1 Å². The minimum Gasteiger partial charge on any atom is -0.373 e. The number of nitrogens with zero attached hydrogens (tertiary/aromatic N) is 2. The van der Waals surface area contributed by atoms with E-state index >= 15 is 0 Å². The maximum atomic E-state index is 5.71.